The van der Waals surface area contributed by atoms with E-state index in [1.54, 1.807) is 36.0 Å². The maximum atomic E-state index is 12.0. The molecule has 0 fully saturated rings. The van der Waals surface area contributed by atoms with Crippen LogP contribution in [0.5, 0.6) is 0 Å². The number of benzene rings is 1. The van der Waals surface area contributed by atoms with Crippen LogP contribution < -0.4 is 5.32 Å². The normalized spacial score (nSPS) is 10.2. The van der Waals surface area contributed by atoms with Gasteiger partial charge in [0.2, 0.25) is 0 Å². The Balaban J connectivity index is 2.26. The summed E-state index contributed by atoms with van der Waals surface area (Å²) in [4.78, 5) is 22.9. The number of carboxylic acid groups (broad SMARTS) is 1. The summed E-state index contributed by atoms with van der Waals surface area (Å²) in [5, 5.41) is 11.6. The number of aromatic carboxylic acids is 1. The first-order valence-electron chi connectivity index (χ1n) is 5.44. The van der Waals surface area contributed by atoms with Crippen molar-refractivity contribution in [3.63, 3.8) is 0 Å². The van der Waals surface area contributed by atoms with Crippen molar-refractivity contribution < 1.29 is 14.7 Å². The molecular formula is C13H11BrN2O3. The lowest BCUT2D eigenvalue weighted by Gasteiger charge is -2.07. The summed E-state index contributed by atoms with van der Waals surface area (Å²) in [6.45, 7) is 0. The molecule has 1 aromatic carbocycles. The second-order valence-electron chi connectivity index (χ2n) is 3.99. The number of nitrogens with zero attached hydrogens (tertiary/aromatic N) is 1. The highest BCUT2D eigenvalue weighted by Gasteiger charge is 2.11. The molecule has 6 heteroatoms. The second-order valence-corrected chi connectivity index (χ2v) is 4.91. The minimum atomic E-state index is -1.05. The van der Waals surface area contributed by atoms with E-state index >= 15 is 0 Å². The van der Waals surface area contributed by atoms with Gasteiger partial charge in [-0.05, 0) is 30.3 Å². The molecule has 1 amide bonds. The van der Waals surface area contributed by atoms with Crippen molar-refractivity contribution in [2.45, 2.75) is 0 Å². The molecular weight excluding hydrogens is 312 g/mol. The number of carbonyl (C=O) groups is 2. The van der Waals surface area contributed by atoms with Crippen LogP contribution in [0.1, 0.15) is 20.8 Å². The van der Waals surface area contributed by atoms with Gasteiger partial charge in [0.1, 0.15) is 5.69 Å². The summed E-state index contributed by atoms with van der Waals surface area (Å²) < 4.78 is 2.28. The third kappa shape index (κ3) is 3.03. The SMILES string of the molecule is Cn1cccc1C(=O)Nc1cc(Br)cc(C(=O)O)c1. The van der Waals surface area contributed by atoms with Crippen molar-refractivity contribution in [1.82, 2.24) is 4.57 Å². The van der Waals surface area contributed by atoms with Gasteiger partial charge in [0, 0.05) is 23.4 Å². The first kappa shape index (κ1) is 13.4. The molecule has 0 saturated carbocycles. The molecule has 0 atom stereocenters. The average Bonchev–Trinajstić information content (AvgIpc) is 2.74. The van der Waals surface area contributed by atoms with Crippen molar-refractivity contribution in [1.29, 1.82) is 0 Å². The number of carboxylic acids is 1. The Kier molecular flexibility index (Phi) is 3.71. The molecule has 19 heavy (non-hydrogen) atoms. The third-order valence-electron chi connectivity index (χ3n) is 2.58. The molecule has 98 valence electrons. The number of rotatable bonds is 3. The van der Waals surface area contributed by atoms with Crippen molar-refractivity contribution >= 4 is 33.5 Å². The van der Waals surface area contributed by atoms with E-state index in [9.17, 15) is 9.59 Å². The predicted octanol–water partition coefficient (Wildman–Crippen LogP) is 2.74. The fourth-order valence-corrected chi connectivity index (χ4v) is 2.17. The maximum absolute atomic E-state index is 12.0. The van der Waals surface area contributed by atoms with Crippen molar-refractivity contribution in [3.8, 4) is 0 Å². The van der Waals surface area contributed by atoms with Crippen LogP contribution in [-0.2, 0) is 7.05 Å². The van der Waals surface area contributed by atoms with Crippen LogP contribution in [0.15, 0.2) is 41.0 Å². The number of nitrogens with one attached hydrogen (secondary N) is 1. The highest BCUT2D eigenvalue weighted by atomic mass is 79.9. The fourth-order valence-electron chi connectivity index (χ4n) is 1.68. The standard InChI is InChI=1S/C13H11BrN2O3/c1-16-4-2-3-11(16)12(17)15-10-6-8(13(18)19)5-9(14)7-10/h2-7H,1H3,(H,15,17)(H,18,19). The van der Waals surface area contributed by atoms with Crippen LogP contribution in [0, 0.1) is 0 Å². The van der Waals surface area contributed by atoms with E-state index in [1.807, 2.05) is 0 Å². The number of anilines is 1. The molecule has 0 unspecified atom stereocenters. The van der Waals surface area contributed by atoms with E-state index in [0.29, 0.717) is 15.9 Å². The van der Waals surface area contributed by atoms with Gasteiger partial charge in [0.15, 0.2) is 0 Å². The van der Waals surface area contributed by atoms with Crippen molar-refractivity contribution in [2.24, 2.45) is 7.05 Å². The lowest BCUT2D eigenvalue weighted by Crippen LogP contribution is -2.15. The first-order chi connectivity index (χ1) is 8.97. The zero-order valence-electron chi connectivity index (χ0n) is 10.1. The number of hydrogen-bond donors (Lipinski definition) is 2. The maximum Gasteiger partial charge on any atom is 0.335 e. The Labute approximate surface area is 118 Å². The molecule has 2 aromatic rings. The molecule has 0 bridgehead atoms. The first-order valence-corrected chi connectivity index (χ1v) is 6.23. The van der Waals surface area contributed by atoms with Crippen LogP contribution in [-0.4, -0.2) is 21.6 Å². The molecule has 1 aromatic heterocycles. The second kappa shape index (κ2) is 5.27. The summed E-state index contributed by atoms with van der Waals surface area (Å²) >= 11 is 3.21. The lowest BCUT2D eigenvalue weighted by molar-refractivity contribution is 0.0696. The Morgan fingerprint density at radius 3 is 2.63 bits per heavy atom. The molecule has 5 nitrogen and oxygen atoms in total. The number of hydrogen-bond acceptors (Lipinski definition) is 2. The molecule has 2 N–H and O–H groups in total. The van der Waals surface area contributed by atoms with Crippen LogP contribution in [0.3, 0.4) is 0 Å². The predicted molar refractivity (Wildman–Crippen MR) is 74.5 cm³/mol. The fraction of sp³-hybridized carbons (Fsp3) is 0.0769. The van der Waals surface area contributed by atoms with E-state index in [1.165, 1.54) is 12.1 Å². The third-order valence-corrected chi connectivity index (χ3v) is 3.04. The summed E-state index contributed by atoms with van der Waals surface area (Å²) in [5.41, 5.74) is 1.03. The minimum absolute atomic E-state index is 0.108. The van der Waals surface area contributed by atoms with E-state index < -0.39 is 5.97 Å². The van der Waals surface area contributed by atoms with Gasteiger partial charge in [0.25, 0.3) is 5.91 Å². The number of amides is 1. The van der Waals surface area contributed by atoms with Gasteiger partial charge < -0.3 is 15.0 Å². The van der Waals surface area contributed by atoms with Crippen molar-refractivity contribution in [3.05, 3.63) is 52.3 Å². The smallest absolute Gasteiger partial charge is 0.335 e. The van der Waals surface area contributed by atoms with Gasteiger partial charge in [-0.25, -0.2) is 4.79 Å². The summed E-state index contributed by atoms with van der Waals surface area (Å²) in [5.74, 6) is -1.34. The highest BCUT2D eigenvalue weighted by Crippen LogP contribution is 2.20. The molecule has 1 heterocycles. The topological polar surface area (TPSA) is 71.3 Å². The molecule has 0 radical (unpaired) electrons. The summed E-state index contributed by atoms with van der Waals surface area (Å²) in [6.07, 6.45) is 1.76. The Bertz CT molecular complexity index is 649. The molecule has 0 aliphatic carbocycles. The van der Waals surface area contributed by atoms with Gasteiger partial charge in [0.05, 0.1) is 5.56 Å². The quantitative estimate of drug-likeness (QED) is 0.912. The molecule has 0 aliphatic rings. The lowest BCUT2D eigenvalue weighted by atomic mass is 10.2. The van der Waals surface area contributed by atoms with Crippen LogP contribution in [0.4, 0.5) is 5.69 Å². The van der Waals surface area contributed by atoms with Crippen LogP contribution >= 0.6 is 15.9 Å². The number of aromatic nitrogens is 1. The van der Waals surface area contributed by atoms with Crippen molar-refractivity contribution in [2.75, 3.05) is 5.32 Å². The van der Waals surface area contributed by atoms with E-state index in [-0.39, 0.29) is 11.5 Å². The van der Waals surface area contributed by atoms with Crippen LogP contribution in [0.25, 0.3) is 0 Å². The van der Waals surface area contributed by atoms with Gasteiger partial charge in [-0.15, -0.1) is 0 Å². The zero-order valence-corrected chi connectivity index (χ0v) is 11.6. The minimum Gasteiger partial charge on any atom is -0.478 e. The Morgan fingerprint density at radius 2 is 2.05 bits per heavy atom. The molecule has 0 saturated heterocycles. The highest BCUT2D eigenvalue weighted by molar-refractivity contribution is 9.10. The number of carbonyl (C=O) groups excluding carboxylic acids is 1. The average molecular weight is 323 g/mol. The Morgan fingerprint density at radius 1 is 1.32 bits per heavy atom. The summed E-state index contributed by atoms with van der Waals surface area (Å²) in [6, 6.07) is 7.98. The largest absolute Gasteiger partial charge is 0.478 e. The van der Waals surface area contributed by atoms with E-state index in [4.69, 9.17) is 5.11 Å². The van der Waals surface area contributed by atoms with Gasteiger partial charge in [-0.2, -0.15) is 0 Å². The monoisotopic (exact) mass is 322 g/mol. The van der Waals surface area contributed by atoms with Gasteiger partial charge >= 0.3 is 5.97 Å². The number of halogens is 1. The summed E-state index contributed by atoms with van der Waals surface area (Å²) in [7, 11) is 1.76. The van der Waals surface area contributed by atoms with Crippen LogP contribution in [0.2, 0.25) is 0 Å². The molecule has 2 rings (SSSR count). The molecule has 0 spiro atoms. The number of aryl methyl sites for hydroxylation is 1. The van der Waals surface area contributed by atoms with Gasteiger partial charge in [-0.3, -0.25) is 4.79 Å². The van der Waals surface area contributed by atoms with Gasteiger partial charge in [-0.1, -0.05) is 15.9 Å². The Hall–Kier alpha value is -2.08. The van der Waals surface area contributed by atoms with E-state index in [0.717, 1.165) is 0 Å². The molecule has 0 aliphatic heterocycles. The van der Waals surface area contributed by atoms with E-state index in [2.05, 4.69) is 21.2 Å². The zero-order chi connectivity index (χ0) is 14.0.